The second-order valence-electron chi connectivity index (χ2n) is 5.96. The quantitative estimate of drug-likeness (QED) is 0.436. The van der Waals surface area contributed by atoms with E-state index in [1.807, 2.05) is 0 Å². The van der Waals surface area contributed by atoms with Gasteiger partial charge in [-0.05, 0) is 43.1 Å². The first-order chi connectivity index (χ1) is 6.07. The molecule has 0 heterocycles. The summed E-state index contributed by atoms with van der Waals surface area (Å²) >= 11 is 0. The highest BCUT2D eigenvalue weighted by atomic mass is 28.3. The predicted molar refractivity (Wildman–Crippen MR) is 61.7 cm³/mol. The van der Waals surface area contributed by atoms with E-state index in [0.29, 0.717) is 0 Å². The van der Waals surface area contributed by atoms with Gasteiger partial charge in [-0.15, -0.1) is 0 Å². The molecular weight excluding hydrogens is 172 g/mol. The molecule has 0 aliphatic heterocycles. The third-order valence-electron chi connectivity index (χ3n) is 4.06. The van der Waals surface area contributed by atoms with Crippen molar-refractivity contribution in [2.75, 3.05) is 0 Å². The summed E-state index contributed by atoms with van der Waals surface area (Å²) in [6, 6.07) is 0. The van der Waals surface area contributed by atoms with E-state index in [0.717, 1.165) is 17.4 Å². The van der Waals surface area contributed by atoms with Crippen molar-refractivity contribution in [3.05, 3.63) is 12.2 Å². The van der Waals surface area contributed by atoms with Crippen molar-refractivity contribution in [2.24, 2.45) is 11.8 Å². The molecule has 0 spiro atoms. The fourth-order valence-corrected chi connectivity index (χ4v) is 5.00. The van der Waals surface area contributed by atoms with E-state index in [2.05, 4.69) is 31.8 Å². The lowest BCUT2D eigenvalue weighted by Gasteiger charge is -2.24. The molecule has 0 aromatic carbocycles. The fourth-order valence-electron chi connectivity index (χ4n) is 3.01. The van der Waals surface area contributed by atoms with Gasteiger partial charge in [-0.2, -0.15) is 0 Å². The highest BCUT2D eigenvalue weighted by Crippen LogP contribution is 2.49. The molecule has 0 unspecified atom stereocenters. The van der Waals surface area contributed by atoms with Gasteiger partial charge in [0.05, 0.1) is 0 Å². The van der Waals surface area contributed by atoms with Gasteiger partial charge in [0.2, 0.25) is 0 Å². The van der Waals surface area contributed by atoms with Crippen LogP contribution in [0.5, 0.6) is 0 Å². The van der Waals surface area contributed by atoms with Crippen LogP contribution in [0.25, 0.3) is 0 Å². The minimum absolute atomic E-state index is 0.846. The normalized spacial score (nSPS) is 39.2. The van der Waals surface area contributed by atoms with Gasteiger partial charge >= 0.3 is 0 Å². The molecule has 0 bridgehead atoms. The van der Waals surface area contributed by atoms with Crippen LogP contribution < -0.4 is 0 Å². The molecule has 0 amide bonds. The van der Waals surface area contributed by atoms with Crippen molar-refractivity contribution in [2.45, 2.75) is 50.9 Å². The lowest BCUT2D eigenvalue weighted by atomic mass is 9.87. The summed E-state index contributed by atoms with van der Waals surface area (Å²) < 4.78 is 0. The molecule has 1 fully saturated rings. The first-order valence-corrected chi connectivity index (χ1v) is 9.32. The monoisotopic (exact) mass is 194 g/mol. The molecular formula is C12H22Si. The van der Waals surface area contributed by atoms with Gasteiger partial charge in [0, 0.05) is 8.07 Å². The Kier molecular flexibility index (Phi) is 2.39. The average molecular weight is 194 g/mol. The molecule has 2 aliphatic rings. The molecule has 74 valence electrons. The SMILES string of the molecule is C[Si](C)(C)[C@H]1C[C@@H]2CCC=C[C@@H]2C1. The molecule has 1 heteroatoms. The first kappa shape index (κ1) is 9.51. The second-order valence-corrected chi connectivity index (χ2v) is 11.5. The van der Waals surface area contributed by atoms with Crippen molar-refractivity contribution in [3.63, 3.8) is 0 Å². The Morgan fingerprint density at radius 3 is 2.54 bits per heavy atom. The Labute approximate surface area is 83.4 Å². The lowest BCUT2D eigenvalue weighted by Crippen LogP contribution is -2.26. The van der Waals surface area contributed by atoms with Crippen molar-refractivity contribution in [1.82, 2.24) is 0 Å². The standard InChI is InChI=1S/C12H22Si/c1-13(2,3)12-8-10-6-4-5-7-11(10)9-12/h4,6,10-12H,5,7-9H2,1-3H3/t10-,11+,12-/m1/s1. The third-order valence-corrected chi connectivity index (χ3v) is 6.98. The molecule has 0 N–H and O–H groups in total. The van der Waals surface area contributed by atoms with Crippen LogP contribution in [-0.2, 0) is 0 Å². The van der Waals surface area contributed by atoms with Gasteiger partial charge in [0.1, 0.15) is 0 Å². The summed E-state index contributed by atoms with van der Waals surface area (Å²) in [5.41, 5.74) is 1.10. The highest BCUT2D eigenvalue weighted by Gasteiger charge is 2.39. The Balaban J connectivity index is 2.05. The maximum absolute atomic E-state index is 2.54. The number of rotatable bonds is 1. The summed E-state index contributed by atoms with van der Waals surface area (Å²) in [6.07, 6.45) is 10.8. The van der Waals surface area contributed by atoms with Gasteiger partial charge in [-0.1, -0.05) is 31.8 Å². The maximum atomic E-state index is 2.54. The number of fused-ring (bicyclic) bond motifs is 1. The van der Waals surface area contributed by atoms with Gasteiger partial charge in [-0.25, -0.2) is 0 Å². The fraction of sp³-hybridized carbons (Fsp3) is 0.833. The second kappa shape index (κ2) is 3.27. The molecule has 0 saturated heterocycles. The Morgan fingerprint density at radius 2 is 1.92 bits per heavy atom. The predicted octanol–water partition coefficient (Wildman–Crippen LogP) is 4.07. The van der Waals surface area contributed by atoms with Crippen molar-refractivity contribution >= 4 is 8.07 Å². The van der Waals surface area contributed by atoms with Crippen molar-refractivity contribution in [1.29, 1.82) is 0 Å². The molecule has 13 heavy (non-hydrogen) atoms. The minimum atomic E-state index is -0.846. The van der Waals surface area contributed by atoms with Gasteiger partial charge < -0.3 is 0 Å². The summed E-state index contributed by atoms with van der Waals surface area (Å²) in [5.74, 6) is 2.02. The number of hydrogen-bond donors (Lipinski definition) is 0. The van der Waals surface area contributed by atoms with Crippen LogP contribution in [0, 0.1) is 11.8 Å². The van der Waals surface area contributed by atoms with E-state index in [1.54, 1.807) is 6.42 Å². The van der Waals surface area contributed by atoms with Crippen molar-refractivity contribution in [3.8, 4) is 0 Å². The molecule has 2 aliphatic carbocycles. The Hall–Kier alpha value is -0.0431. The highest BCUT2D eigenvalue weighted by molar-refractivity contribution is 6.77. The van der Waals surface area contributed by atoms with Gasteiger partial charge in [0.25, 0.3) is 0 Å². The van der Waals surface area contributed by atoms with Crippen LogP contribution in [0.3, 0.4) is 0 Å². The summed E-state index contributed by atoms with van der Waals surface area (Å²) in [6.45, 7) is 7.62. The van der Waals surface area contributed by atoms with Crippen molar-refractivity contribution < 1.29 is 0 Å². The largest absolute Gasteiger partial charge is 0.0882 e. The molecule has 0 nitrogen and oxygen atoms in total. The number of allylic oxidation sites excluding steroid dienone is 2. The van der Waals surface area contributed by atoms with E-state index < -0.39 is 8.07 Å². The third kappa shape index (κ3) is 1.90. The summed E-state index contributed by atoms with van der Waals surface area (Å²) in [5, 5.41) is 0. The van der Waals surface area contributed by atoms with Gasteiger partial charge in [-0.3, -0.25) is 0 Å². The molecule has 0 aromatic heterocycles. The van der Waals surface area contributed by atoms with E-state index >= 15 is 0 Å². The van der Waals surface area contributed by atoms with E-state index in [4.69, 9.17) is 0 Å². The maximum Gasteiger partial charge on any atom is 0.0474 e. The minimum Gasteiger partial charge on any atom is -0.0882 e. The van der Waals surface area contributed by atoms with E-state index in [9.17, 15) is 0 Å². The van der Waals surface area contributed by atoms with E-state index in [-0.39, 0.29) is 0 Å². The van der Waals surface area contributed by atoms with Crippen LogP contribution >= 0.6 is 0 Å². The zero-order valence-electron chi connectivity index (χ0n) is 9.22. The average Bonchev–Trinajstić information content (AvgIpc) is 2.45. The molecule has 3 atom stereocenters. The van der Waals surface area contributed by atoms with Crippen LogP contribution in [-0.4, -0.2) is 8.07 Å². The summed E-state index contributed by atoms with van der Waals surface area (Å²) in [4.78, 5) is 0. The van der Waals surface area contributed by atoms with E-state index in [1.165, 1.54) is 19.3 Å². The van der Waals surface area contributed by atoms with Crippen LogP contribution in [0.15, 0.2) is 12.2 Å². The summed E-state index contributed by atoms with van der Waals surface area (Å²) in [7, 11) is -0.846. The molecule has 0 aromatic rings. The molecule has 2 rings (SSSR count). The first-order valence-electron chi connectivity index (χ1n) is 5.74. The smallest absolute Gasteiger partial charge is 0.0474 e. The topological polar surface area (TPSA) is 0 Å². The molecule has 1 saturated carbocycles. The molecule has 0 radical (unpaired) electrons. The lowest BCUT2D eigenvalue weighted by molar-refractivity contribution is 0.412. The zero-order chi connectivity index (χ0) is 9.47. The zero-order valence-corrected chi connectivity index (χ0v) is 10.2. The van der Waals surface area contributed by atoms with Gasteiger partial charge in [0.15, 0.2) is 0 Å². The van der Waals surface area contributed by atoms with Crippen LogP contribution in [0.4, 0.5) is 0 Å². The van der Waals surface area contributed by atoms with Crippen LogP contribution in [0.1, 0.15) is 25.7 Å². The van der Waals surface area contributed by atoms with Crippen LogP contribution in [0.2, 0.25) is 25.2 Å². The Bertz CT molecular complexity index is 212. The number of hydrogen-bond acceptors (Lipinski definition) is 0. The Morgan fingerprint density at radius 1 is 1.15 bits per heavy atom.